The molecule has 0 aliphatic heterocycles. The van der Waals surface area contributed by atoms with Crippen molar-refractivity contribution in [3.8, 4) is 11.6 Å². The molecule has 38 heavy (non-hydrogen) atoms. The number of halogens is 1. The molecular formula is C30H31ClN4OS2. The number of anilines is 2. The molecule has 0 bridgehead atoms. The average molecular weight is 563 g/mol. The molecule has 0 saturated carbocycles. The van der Waals surface area contributed by atoms with Gasteiger partial charge in [0.15, 0.2) is 5.13 Å². The van der Waals surface area contributed by atoms with Crippen LogP contribution in [0.4, 0.5) is 10.8 Å². The van der Waals surface area contributed by atoms with Gasteiger partial charge >= 0.3 is 0 Å². The number of para-hydroxylation sites is 1. The summed E-state index contributed by atoms with van der Waals surface area (Å²) >= 11 is 9.35. The van der Waals surface area contributed by atoms with Crippen molar-refractivity contribution in [1.29, 1.82) is 0 Å². The molecular weight excluding hydrogens is 532 g/mol. The van der Waals surface area contributed by atoms with Gasteiger partial charge in [0, 0.05) is 29.7 Å². The van der Waals surface area contributed by atoms with E-state index in [-0.39, 0.29) is 5.41 Å². The number of aromatic nitrogens is 2. The lowest BCUT2D eigenvalue weighted by Gasteiger charge is -2.22. The van der Waals surface area contributed by atoms with Crippen molar-refractivity contribution < 1.29 is 4.74 Å². The molecule has 8 heteroatoms. The lowest BCUT2D eigenvalue weighted by molar-refractivity contribution is 0.334. The van der Waals surface area contributed by atoms with Crippen molar-refractivity contribution in [2.75, 3.05) is 18.9 Å². The maximum absolute atomic E-state index is 6.32. The minimum absolute atomic E-state index is 0.0454. The number of nitrogens with zero attached hydrogens (tertiary/aromatic N) is 3. The molecule has 0 fully saturated rings. The van der Waals surface area contributed by atoms with Crippen molar-refractivity contribution in [1.82, 2.24) is 14.9 Å². The van der Waals surface area contributed by atoms with Gasteiger partial charge in [0.25, 0.3) is 0 Å². The SMILES string of the molecule is CN(CCc1ccc2nc(Nc3cccnc3Oc3ccccc3C(C)(C)C)sc2c1)Cc1ccc(Cl)s1. The topological polar surface area (TPSA) is 50.3 Å². The van der Waals surface area contributed by atoms with E-state index in [2.05, 4.69) is 73.4 Å². The van der Waals surface area contributed by atoms with Gasteiger partial charge in [-0.2, -0.15) is 0 Å². The van der Waals surface area contributed by atoms with Crippen LogP contribution in [0.5, 0.6) is 11.6 Å². The summed E-state index contributed by atoms with van der Waals surface area (Å²) in [4.78, 5) is 12.9. The summed E-state index contributed by atoms with van der Waals surface area (Å²) < 4.78 is 8.32. The Morgan fingerprint density at radius 2 is 1.84 bits per heavy atom. The van der Waals surface area contributed by atoms with Crippen LogP contribution in [0.15, 0.2) is 72.9 Å². The molecule has 0 unspecified atom stereocenters. The molecule has 1 N–H and O–H groups in total. The van der Waals surface area contributed by atoms with Crippen LogP contribution < -0.4 is 10.1 Å². The van der Waals surface area contributed by atoms with Gasteiger partial charge in [-0.05, 0) is 66.9 Å². The standard InChI is InChI=1S/C30H31ClN4OS2/c1-30(2,3)22-8-5-6-10-25(22)36-28-24(9-7-16-32-28)34-29-33-23-13-11-20(18-26(23)38-29)15-17-35(4)19-21-12-14-27(31)37-21/h5-14,16,18H,15,17,19H2,1-4H3,(H,33,34). The highest BCUT2D eigenvalue weighted by Crippen LogP contribution is 2.37. The maximum Gasteiger partial charge on any atom is 0.243 e. The summed E-state index contributed by atoms with van der Waals surface area (Å²) in [5.41, 5.74) is 4.15. The summed E-state index contributed by atoms with van der Waals surface area (Å²) in [5, 5.41) is 4.25. The first-order valence-corrected chi connectivity index (χ1v) is 14.6. The van der Waals surface area contributed by atoms with Crippen LogP contribution in [0.1, 0.15) is 36.8 Å². The van der Waals surface area contributed by atoms with Gasteiger partial charge in [0.05, 0.1) is 14.6 Å². The molecule has 3 heterocycles. The summed E-state index contributed by atoms with van der Waals surface area (Å²) in [7, 11) is 2.15. The van der Waals surface area contributed by atoms with Gasteiger partial charge < -0.3 is 15.0 Å². The largest absolute Gasteiger partial charge is 0.437 e. The smallest absolute Gasteiger partial charge is 0.243 e. The number of rotatable bonds is 9. The number of thiophene rings is 1. The second kappa shape index (κ2) is 11.4. The molecule has 5 aromatic rings. The van der Waals surface area contributed by atoms with Crippen LogP contribution in [-0.2, 0) is 18.4 Å². The van der Waals surface area contributed by atoms with Crippen LogP contribution in [-0.4, -0.2) is 28.5 Å². The zero-order valence-electron chi connectivity index (χ0n) is 22.0. The number of ether oxygens (including phenoxy) is 1. The van der Waals surface area contributed by atoms with Crippen LogP contribution in [0.2, 0.25) is 4.34 Å². The monoisotopic (exact) mass is 562 g/mol. The number of likely N-dealkylation sites (N-methyl/N-ethyl adjacent to an activating group) is 1. The van der Waals surface area contributed by atoms with E-state index in [4.69, 9.17) is 21.3 Å². The zero-order chi connectivity index (χ0) is 26.7. The first-order chi connectivity index (χ1) is 18.2. The van der Waals surface area contributed by atoms with Crippen molar-refractivity contribution in [2.24, 2.45) is 0 Å². The minimum Gasteiger partial charge on any atom is -0.437 e. The quantitative estimate of drug-likeness (QED) is 0.194. The summed E-state index contributed by atoms with van der Waals surface area (Å²) in [5.74, 6) is 1.34. The second-order valence-corrected chi connectivity index (χ2v) is 13.2. The molecule has 0 radical (unpaired) electrons. The Hall–Kier alpha value is -2.97. The van der Waals surface area contributed by atoms with Gasteiger partial charge in [-0.1, -0.05) is 68.0 Å². The van der Waals surface area contributed by atoms with Crippen molar-refractivity contribution in [3.05, 3.63) is 93.3 Å². The lowest BCUT2D eigenvalue weighted by atomic mass is 9.86. The van der Waals surface area contributed by atoms with Gasteiger partial charge in [-0.25, -0.2) is 9.97 Å². The number of fused-ring (bicyclic) bond motifs is 1. The molecule has 5 rings (SSSR count). The zero-order valence-corrected chi connectivity index (χ0v) is 24.4. The third-order valence-electron chi connectivity index (χ3n) is 6.20. The van der Waals surface area contributed by atoms with Gasteiger partial charge in [0.1, 0.15) is 11.4 Å². The second-order valence-electron chi connectivity index (χ2n) is 10.3. The van der Waals surface area contributed by atoms with E-state index in [1.807, 2.05) is 36.4 Å². The Morgan fingerprint density at radius 1 is 1.00 bits per heavy atom. The van der Waals surface area contributed by atoms with Crippen LogP contribution in [0.25, 0.3) is 10.2 Å². The molecule has 0 aliphatic rings. The van der Waals surface area contributed by atoms with E-state index in [0.717, 1.165) is 56.2 Å². The summed E-state index contributed by atoms with van der Waals surface area (Å²) in [6, 6.07) is 22.6. The molecule has 0 atom stereocenters. The van der Waals surface area contributed by atoms with Gasteiger partial charge in [-0.15, -0.1) is 11.3 Å². The summed E-state index contributed by atoms with van der Waals surface area (Å²) in [6.45, 7) is 8.42. The Balaban J connectivity index is 1.28. The van der Waals surface area contributed by atoms with E-state index >= 15 is 0 Å². The molecule has 196 valence electrons. The molecule has 2 aromatic carbocycles. The number of pyridine rings is 1. The van der Waals surface area contributed by atoms with Crippen LogP contribution in [0.3, 0.4) is 0 Å². The van der Waals surface area contributed by atoms with E-state index < -0.39 is 0 Å². The van der Waals surface area contributed by atoms with E-state index in [0.29, 0.717) is 5.88 Å². The first kappa shape index (κ1) is 26.6. The van der Waals surface area contributed by atoms with Crippen LogP contribution >= 0.6 is 34.3 Å². The van der Waals surface area contributed by atoms with E-state index in [1.54, 1.807) is 28.9 Å². The van der Waals surface area contributed by atoms with E-state index in [9.17, 15) is 0 Å². The Morgan fingerprint density at radius 3 is 2.63 bits per heavy atom. The van der Waals surface area contributed by atoms with Gasteiger partial charge in [-0.3, -0.25) is 0 Å². The predicted molar refractivity (Wildman–Crippen MR) is 162 cm³/mol. The van der Waals surface area contributed by atoms with Crippen molar-refractivity contribution in [2.45, 2.75) is 39.2 Å². The Labute approximate surface area is 237 Å². The van der Waals surface area contributed by atoms with Gasteiger partial charge in [0.2, 0.25) is 5.88 Å². The maximum atomic E-state index is 6.32. The highest BCUT2D eigenvalue weighted by atomic mass is 35.5. The molecule has 0 aliphatic carbocycles. The third kappa shape index (κ3) is 6.53. The Kier molecular flexibility index (Phi) is 8.00. The molecule has 5 nitrogen and oxygen atoms in total. The van der Waals surface area contributed by atoms with Crippen molar-refractivity contribution in [3.63, 3.8) is 0 Å². The van der Waals surface area contributed by atoms with Crippen LogP contribution in [0, 0.1) is 0 Å². The fourth-order valence-electron chi connectivity index (χ4n) is 4.24. The number of nitrogens with one attached hydrogen (secondary N) is 1. The lowest BCUT2D eigenvalue weighted by Crippen LogP contribution is -2.20. The fourth-order valence-corrected chi connectivity index (χ4v) is 6.35. The highest BCUT2D eigenvalue weighted by molar-refractivity contribution is 7.22. The summed E-state index contributed by atoms with van der Waals surface area (Å²) in [6.07, 6.45) is 2.72. The first-order valence-electron chi connectivity index (χ1n) is 12.6. The highest BCUT2D eigenvalue weighted by Gasteiger charge is 2.20. The number of hydrogen-bond donors (Lipinski definition) is 1. The molecule has 3 aromatic heterocycles. The Bertz CT molecular complexity index is 1540. The number of thiazole rings is 1. The molecule has 0 saturated heterocycles. The fraction of sp³-hybridized carbons (Fsp3) is 0.267. The molecule has 0 amide bonds. The molecule has 0 spiro atoms. The average Bonchev–Trinajstić information content (AvgIpc) is 3.48. The number of hydrogen-bond acceptors (Lipinski definition) is 7. The van der Waals surface area contributed by atoms with E-state index in [1.165, 1.54) is 10.4 Å². The third-order valence-corrected chi connectivity index (χ3v) is 8.35. The minimum atomic E-state index is -0.0454. The van der Waals surface area contributed by atoms with Crippen molar-refractivity contribution >= 4 is 55.3 Å². The predicted octanol–water partition coefficient (Wildman–Crippen LogP) is 8.91. The number of benzene rings is 2. The normalized spacial score (nSPS) is 11.8.